The summed E-state index contributed by atoms with van der Waals surface area (Å²) in [5.41, 5.74) is 29.8. The molecule has 14 aromatic heterocycles. The molecule has 0 saturated carbocycles. The molecule has 0 fully saturated rings. The van der Waals surface area contributed by atoms with Crippen LogP contribution in [-0.2, 0) is 0 Å². The quantitative estimate of drug-likeness (QED) is 0.0945. The first-order valence-electron chi connectivity index (χ1n) is 49.8. The smallest absolute Gasteiger partial charge is 0.181 e. The maximum atomic E-state index is 5.11. The topological polar surface area (TPSA) is 185 Å². The van der Waals surface area contributed by atoms with E-state index in [0.717, 1.165) is 185 Å². The van der Waals surface area contributed by atoms with Gasteiger partial charge in [-0.15, -0.1) is 0 Å². The van der Waals surface area contributed by atoms with E-state index in [1.165, 1.54) is 54.2 Å². The van der Waals surface area contributed by atoms with Crippen LogP contribution < -0.4 is 0 Å². The lowest BCUT2D eigenvalue weighted by molar-refractivity contribution is 0.964. The van der Waals surface area contributed by atoms with Crippen molar-refractivity contribution >= 4 is 86.7 Å². The largest absolute Gasteiger partial charge is 0.256 e. The first-order chi connectivity index (χ1) is 74.2. The molecule has 0 atom stereocenters. The van der Waals surface area contributed by atoms with Crippen LogP contribution in [-0.4, -0.2) is 83.3 Å². The summed E-state index contributed by atoms with van der Waals surface area (Å²) in [6, 6.07) is 169. The minimum absolute atomic E-state index is 0.608. The van der Waals surface area contributed by atoms with Crippen molar-refractivity contribution in [3.8, 4) is 170 Å². The Morgan fingerprint density at radius 3 is 0.733 bits per heavy atom. The molecule has 17 nitrogen and oxygen atoms in total. The van der Waals surface area contributed by atoms with E-state index >= 15 is 0 Å². The van der Waals surface area contributed by atoms with Gasteiger partial charge in [0.2, 0.25) is 0 Å². The van der Waals surface area contributed by atoms with Gasteiger partial charge in [-0.05, 0) is 169 Å². The zero-order chi connectivity index (χ0) is 99.6. The average molecular weight is 1920 g/mol. The molecule has 0 bridgehead atoms. The molecular formula is C133H87N17. The van der Waals surface area contributed by atoms with Crippen molar-refractivity contribution < 1.29 is 0 Å². The number of hydrogen-bond donors (Lipinski definition) is 0. The molecule has 0 aliphatic carbocycles. The van der Waals surface area contributed by atoms with Gasteiger partial charge in [0.05, 0.1) is 79.0 Å². The Hall–Kier alpha value is -20.7. The number of benzene rings is 15. The number of hydrogen-bond acceptors (Lipinski definition) is 13. The Morgan fingerprint density at radius 2 is 0.380 bits per heavy atom. The molecule has 0 amide bonds. The van der Waals surface area contributed by atoms with Crippen molar-refractivity contribution in [1.29, 1.82) is 0 Å². The minimum Gasteiger partial charge on any atom is -0.256 e. The molecule has 0 unspecified atom stereocenters. The molecule has 704 valence electrons. The van der Waals surface area contributed by atoms with Crippen LogP contribution in [0.2, 0.25) is 0 Å². The van der Waals surface area contributed by atoms with Crippen molar-refractivity contribution in [2.75, 3.05) is 0 Å². The van der Waals surface area contributed by atoms with Crippen LogP contribution in [0.1, 0.15) is 0 Å². The second-order valence-corrected chi connectivity index (χ2v) is 37.0. The van der Waals surface area contributed by atoms with Gasteiger partial charge in [-0.25, -0.2) is 52.9 Å². The first kappa shape index (κ1) is 89.4. The van der Waals surface area contributed by atoms with Crippen LogP contribution in [0.5, 0.6) is 0 Å². The maximum absolute atomic E-state index is 5.11. The average Bonchev–Trinajstić information content (AvgIpc) is 1.56. The fraction of sp³-hybridized carbons (Fsp3) is 0. The highest BCUT2D eigenvalue weighted by atomic mass is 15.2. The van der Waals surface area contributed by atoms with Gasteiger partial charge in [0.25, 0.3) is 0 Å². The van der Waals surface area contributed by atoms with E-state index in [1.54, 1.807) is 0 Å². The molecule has 0 radical (unpaired) electrons. The van der Waals surface area contributed by atoms with Crippen molar-refractivity contribution in [3.05, 3.63) is 529 Å². The van der Waals surface area contributed by atoms with E-state index < -0.39 is 0 Å². The number of fused-ring (bicyclic) bond motifs is 10. The SMILES string of the molecule is c1ccc(-c2cc(-c3ccccc3)nc(-c3cc4cc5ccccc5cn4n3)n2)cc1.c1ccc(-c2ccc(-c3cc(-c4ccc(-c5ccccn5)cc4)nc(-c4cc5cc6ccccc6cn5n4)c3)nc2)cc1.c1ccc(-c2ccc(-c3cc(-c4ccccc4)nc(-c4cc5cc6ccccc6cn5n4)n3)cc2)cc1.c1ccc2cc(-c3cc(-c4ccc5ccccc5c4)nc(-c4cc5cc6ccccc6cn5n4)n3)ccc2c1. The van der Waals surface area contributed by atoms with Gasteiger partial charge in [0, 0.05) is 114 Å². The van der Waals surface area contributed by atoms with Gasteiger partial charge in [-0.1, -0.05) is 382 Å². The predicted octanol–water partition coefficient (Wildman–Crippen LogP) is 31.8. The highest BCUT2D eigenvalue weighted by molar-refractivity contribution is 5.94. The molecule has 29 rings (SSSR count). The molecule has 150 heavy (non-hydrogen) atoms. The highest BCUT2D eigenvalue weighted by Gasteiger charge is 2.22. The summed E-state index contributed by atoms with van der Waals surface area (Å²) in [6.45, 7) is 0. The zero-order valence-corrected chi connectivity index (χ0v) is 80.8. The summed E-state index contributed by atoms with van der Waals surface area (Å²) in [6.07, 6.45) is 12.0. The van der Waals surface area contributed by atoms with E-state index in [1.807, 2.05) is 170 Å². The van der Waals surface area contributed by atoms with Gasteiger partial charge < -0.3 is 0 Å². The molecule has 0 aliphatic heterocycles. The van der Waals surface area contributed by atoms with Gasteiger partial charge in [0.15, 0.2) is 17.5 Å². The number of nitrogens with zero attached hydrogens (tertiary/aromatic N) is 17. The van der Waals surface area contributed by atoms with Gasteiger partial charge in [0.1, 0.15) is 22.8 Å². The van der Waals surface area contributed by atoms with Crippen LogP contribution >= 0.6 is 0 Å². The standard InChI is InChI=1S/C38H25N5.C35H22N4.C33H22N4.C27H18N4/c1-2-8-26(9-3-1)30-17-18-35(40-24-30)32-21-36(28-15-13-27(14-16-28)34-12-6-7-19-39-34)41-37(22-32)38-23-33-20-29-10-4-5-11-31(29)25-43(33)42-38;1-3-9-25-17-28(15-13-23(25)7-1)32-21-33(29-16-14-24-8-2-4-10-26(24)18-29)37-35(36-32)34-20-31-19-27-11-5-6-12-30(27)22-39(31)38-34;1-3-9-23(10-4-1)24-15-17-26(18-16-24)31-21-30(25-11-5-2-6-12-25)34-33(35-31)32-20-29-19-27-13-7-8-14-28(27)22-37(29)36-32;1-3-9-19(10-4-1)24-17-25(20-11-5-2-6-12-20)29-27(28-24)26-16-23-15-21-13-7-8-14-22(21)18-31(23)30-26/h1-25H;1-22H;1-22H;1-18H. The summed E-state index contributed by atoms with van der Waals surface area (Å²) in [5, 5.41) is 33.5. The monoisotopic (exact) mass is 1920 g/mol. The lowest BCUT2D eigenvalue weighted by atomic mass is 10.0. The summed E-state index contributed by atoms with van der Waals surface area (Å²) < 4.78 is 7.66. The summed E-state index contributed by atoms with van der Waals surface area (Å²) in [5.74, 6) is 1.83. The molecule has 29 aromatic rings. The summed E-state index contributed by atoms with van der Waals surface area (Å²) in [7, 11) is 0. The number of aromatic nitrogens is 17. The Labute approximate surface area is 862 Å². The predicted molar refractivity (Wildman–Crippen MR) is 607 cm³/mol. The lowest BCUT2D eigenvalue weighted by Crippen LogP contribution is -1.97. The van der Waals surface area contributed by atoms with Crippen LogP contribution in [0.15, 0.2) is 529 Å². The normalized spacial score (nSPS) is 11.3. The lowest BCUT2D eigenvalue weighted by Gasteiger charge is -2.10. The molecule has 0 spiro atoms. The van der Waals surface area contributed by atoms with Crippen LogP contribution in [0, 0.1) is 0 Å². The third-order valence-electron chi connectivity index (χ3n) is 27.1. The summed E-state index contributed by atoms with van der Waals surface area (Å²) in [4.78, 5) is 44.2. The zero-order valence-electron chi connectivity index (χ0n) is 80.8. The van der Waals surface area contributed by atoms with E-state index in [9.17, 15) is 0 Å². The Kier molecular flexibility index (Phi) is 23.6. The molecule has 0 saturated heterocycles. The van der Waals surface area contributed by atoms with Crippen molar-refractivity contribution in [2.24, 2.45) is 0 Å². The Bertz CT molecular complexity index is 9600. The van der Waals surface area contributed by atoms with E-state index in [-0.39, 0.29) is 0 Å². The Balaban J connectivity index is 0.000000101. The number of pyridine rings is 7. The molecule has 15 aromatic carbocycles. The van der Waals surface area contributed by atoms with Crippen molar-refractivity contribution in [2.45, 2.75) is 0 Å². The molecular weight excluding hydrogens is 1840 g/mol. The van der Waals surface area contributed by atoms with Crippen molar-refractivity contribution in [1.82, 2.24) is 83.3 Å². The third-order valence-corrected chi connectivity index (χ3v) is 27.1. The molecule has 17 heteroatoms. The maximum Gasteiger partial charge on any atom is 0.181 e. The van der Waals surface area contributed by atoms with Gasteiger partial charge in [-0.3, -0.25) is 9.97 Å². The van der Waals surface area contributed by atoms with Crippen LogP contribution in [0.25, 0.3) is 256 Å². The highest BCUT2D eigenvalue weighted by Crippen LogP contribution is 2.39. The van der Waals surface area contributed by atoms with Gasteiger partial charge in [-0.2, -0.15) is 20.4 Å². The summed E-state index contributed by atoms with van der Waals surface area (Å²) >= 11 is 0. The second kappa shape index (κ2) is 39.5. The van der Waals surface area contributed by atoms with E-state index in [2.05, 4.69) is 381 Å². The van der Waals surface area contributed by atoms with Crippen molar-refractivity contribution in [3.63, 3.8) is 0 Å². The molecule has 14 heterocycles. The second-order valence-electron chi connectivity index (χ2n) is 37.0. The minimum atomic E-state index is 0.608. The van der Waals surface area contributed by atoms with E-state index in [4.69, 9.17) is 60.3 Å². The Morgan fingerprint density at radius 1 is 0.127 bits per heavy atom. The molecule has 0 N–H and O–H groups in total. The molecule has 0 aliphatic rings. The van der Waals surface area contributed by atoms with E-state index in [0.29, 0.717) is 17.5 Å². The fourth-order valence-corrected chi connectivity index (χ4v) is 19.4. The fourth-order valence-electron chi connectivity index (χ4n) is 19.4. The van der Waals surface area contributed by atoms with Crippen LogP contribution in [0.4, 0.5) is 0 Å². The van der Waals surface area contributed by atoms with Gasteiger partial charge >= 0.3 is 0 Å². The van der Waals surface area contributed by atoms with Crippen LogP contribution in [0.3, 0.4) is 0 Å². The number of rotatable bonds is 15. The first-order valence-corrected chi connectivity index (χ1v) is 49.8. The third kappa shape index (κ3) is 18.7.